The molecule has 1 amide bonds. The Balaban J connectivity index is 0.00000210. The van der Waals surface area contributed by atoms with Gasteiger partial charge in [-0.15, -0.1) is 12.4 Å². The minimum Gasteiger partial charge on any atom is -0.334 e. The number of nitrogens with zero attached hydrogens (tertiary/aromatic N) is 5. The third-order valence-corrected chi connectivity index (χ3v) is 5.44. The highest BCUT2D eigenvalue weighted by molar-refractivity contribution is 5.85. The lowest BCUT2D eigenvalue weighted by molar-refractivity contribution is -0.135. The Morgan fingerprint density at radius 2 is 2.15 bits per heavy atom. The second kappa shape index (κ2) is 8.89. The molecule has 8 heteroatoms. The van der Waals surface area contributed by atoms with Crippen molar-refractivity contribution < 1.29 is 4.79 Å². The minimum atomic E-state index is 0. The summed E-state index contributed by atoms with van der Waals surface area (Å²) in [5.41, 5.74) is 3.28. The number of hydrogen-bond donors (Lipinski definition) is 1. The lowest BCUT2D eigenvalue weighted by Crippen LogP contribution is -2.38. The summed E-state index contributed by atoms with van der Waals surface area (Å²) in [5, 5.41) is 12.7. The van der Waals surface area contributed by atoms with Gasteiger partial charge >= 0.3 is 0 Å². The van der Waals surface area contributed by atoms with Crippen molar-refractivity contribution in [3.63, 3.8) is 0 Å². The highest BCUT2D eigenvalue weighted by Crippen LogP contribution is 2.30. The van der Waals surface area contributed by atoms with E-state index in [1.54, 1.807) is 0 Å². The number of nitrogens with one attached hydrogen (secondary N) is 1. The van der Waals surface area contributed by atoms with E-state index in [2.05, 4.69) is 21.2 Å². The highest BCUT2D eigenvalue weighted by atomic mass is 35.5. The Bertz CT molecular complexity index is 747. The molecule has 0 bridgehead atoms. The molecular weight excluding hydrogens is 364 g/mol. The number of aryl methyl sites for hydroxylation is 3. The van der Waals surface area contributed by atoms with E-state index in [0.29, 0.717) is 12.8 Å². The van der Waals surface area contributed by atoms with E-state index < -0.39 is 0 Å². The molecule has 1 saturated heterocycles. The lowest BCUT2D eigenvalue weighted by atomic mass is 9.98. The van der Waals surface area contributed by atoms with Gasteiger partial charge in [0.2, 0.25) is 5.91 Å². The Morgan fingerprint density at radius 3 is 2.96 bits per heavy atom. The van der Waals surface area contributed by atoms with Crippen LogP contribution in [0.1, 0.15) is 55.2 Å². The van der Waals surface area contributed by atoms with Crippen LogP contribution < -0.4 is 5.32 Å². The number of rotatable bonds is 4. The summed E-state index contributed by atoms with van der Waals surface area (Å²) < 4.78 is 3.91. The van der Waals surface area contributed by atoms with Crippen molar-refractivity contribution in [2.24, 2.45) is 7.05 Å². The first-order chi connectivity index (χ1) is 12.7. The summed E-state index contributed by atoms with van der Waals surface area (Å²) >= 11 is 0. The molecule has 0 saturated carbocycles. The third-order valence-electron chi connectivity index (χ3n) is 5.44. The van der Waals surface area contributed by atoms with Gasteiger partial charge in [0, 0.05) is 45.7 Å². The number of halogens is 1. The van der Waals surface area contributed by atoms with E-state index in [1.165, 1.54) is 5.69 Å². The zero-order valence-electron chi connectivity index (χ0n) is 15.9. The number of fused-ring (bicyclic) bond motifs is 1. The largest absolute Gasteiger partial charge is 0.334 e. The van der Waals surface area contributed by atoms with E-state index in [0.717, 1.165) is 63.3 Å². The standard InChI is InChI=1S/C19H28N6O.ClH/c1-23-12-8-17(22-23)18-5-2-3-10-24(18)19(26)7-6-15-13-16-14-20-9-4-11-25(16)21-15;/h8,12-13,18,20H,2-7,9-11,14H2,1H3;1H. The fourth-order valence-electron chi connectivity index (χ4n) is 4.07. The van der Waals surface area contributed by atoms with Gasteiger partial charge in [-0.2, -0.15) is 10.2 Å². The van der Waals surface area contributed by atoms with Crippen LogP contribution in [0.2, 0.25) is 0 Å². The first-order valence-electron chi connectivity index (χ1n) is 9.76. The number of piperidine rings is 1. The molecule has 2 aliphatic rings. The molecule has 0 spiro atoms. The van der Waals surface area contributed by atoms with Crippen LogP contribution in [0.25, 0.3) is 0 Å². The van der Waals surface area contributed by atoms with E-state index in [1.807, 2.05) is 28.9 Å². The van der Waals surface area contributed by atoms with E-state index in [4.69, 9.17) is 5.10 Å². The second-order valence-corrected chi connectivity index (χ2v) is 7.39. The third kappa shape index (κ3) is 4.52. The molecule has 7 nitrogen and oxygen atoms in total. The Kier molecular flexibility index (Phi) is 6.55. The maximum atomic E-state index is 12.9. The second-order valence-electron chi connectivity index (χ2n) is 7.39. The average Bonchev–Trinajstić information content (AvgIpc) is 3.20. The smallest absolute Gasteiger partial charge is 0.223 e. The summed E-state index contributed by atoms with van der Waals surface area (Å²) in [6.45, 7) is 3.71. The van der Waals surface area contributed by atoms with Crippen LogP contribution in [-0.4, -0.2) is 43.5 Å². The van der Waals surface area contributed by atoms with Gasteiger partial charge in [-0.1, -0.05) is 0 Å². The van der Waals surface area contributed by atoms with Crippen LogP contribution >= 0.6 is 12.4 Å². The van der Waals surface area contributed by atoms with Crippen LogP contribution in [0.5, 0.6) is 0 Å². The number of aromatic nitrogens is 4. The minimum absolute atomic E-state index is 0. The van der Waals surface area contributed by atoms with Gasteiger partial charge < -0.3 is 10.2 Å². The molecule has 4 heterocycles. The fraction of sp³-hybridized carbons (Fsp3) is 0.632. The van der Waals surface area contributed by atoms with Crippen LogP contribution in [0.3, 0.4) is 0 Å². The summed E-state index contributed by atoms with van der Waals surface area (Å²) in [4.78, 5) is 14.9. The zero-order valence-corrected chi connectivity index (χ0v) is 16.7. The normalized spacial score (nSPS) is 19.9. The maximum Gasteiger partial charge on any atom is 0.223 e. The first-order valence-corrected chi connectivity index (χ1v) is 9.76. The molecule has 1 atom stereocenters. The number of carbonyl (C=O) groups is 1. The quantitative estimate of drug-likeness (QED) is 0.866. The average molecular weight is 393 g/mol. The van der Waals surface area contributed by atoms with Gasteiger partial charge in [0.15, 0.2) is 0 Å². The van der Waals surface area contributed by atoms with Gasteiger partial charge in [0.25, 0.3) is 0 Å². The van der Waals surface area contributed by atoms with Gasteiger partial charge in [0.05, 0.1) is 23.1 Å². The number of likely N-dealkylation sites (tertiary alicyclic amines) is 1. The predicted octanol–water partition coefficient (Wildman–Crippen LogP) is 2.22. The Morgan fingerprint density at radius 1 is 1.26 bits per heavy atom. The fourth-order valence-corrected chi connectivity index (χ4v) is 4.07. The van der Waals surface area contributed by atoms with Gasteiger partial charge in [-0.25, -0.2) is 0 Å². The molecule has 2 aromatic rings. The number of amides is 1. The number of hydrogen-bond acceptors (Lipinski definition) is 4. The molecule has 4 rings (SSSR count). The monoisotopic (exact) mass is 392 g/mol. The lowest BCUT2D eigenvalue weighted by Gasteiger charge is -2.34. The predicted molar refractivity (Wildman–Crippen MR) is 106 cm³/mol. The SMILES string of the molecule is Cl.Cn1ccc(C2CCCCN2C(=O)CCc2cc3n(n2)CCCNC3)n1. The molecule has 2 aliphatic heterocycles. The molecule has 2 aromatic heterocycles. The van der Waals surface area contributed by atoms with Crippen molar-refractivity contribution in [3.8, 4) is 0 Å². The summed E-state index contributed by atoms with van der Waals surface area (Å²) in [6, 6.07) is 4.31. The van der Waals surface area contributed by atoms with E-state index in [9.17, 15) is 4.79 Å². The van der Waals surface area contributed by atoms with Crippen LogP contribution in [0.15, 0.2) is 18.3 Å². The summed E-state index contributed by atoms with van der Waals surface area (Å²) in [5.74, 6) is 0.224. The highest BCUT2D eigenvalue weighted by Gasteiger charge is 2.29. The van der Waals surface area contributed by atoms with Crippen molar-refractivity contribution in [2.45, 2.75) is 57.7 Å². The van der Waals surface area contributed by atoms with Gasteiger partial charge in [-0.05, 0) is 44.4 Å². The summed E-state index contributed by atoms with van der Waals surface area (Å²) in [7, 11) is 1.93. The molecule has 1 N–H and O–H groups in total. The topological polar surface area (TPSA) is 68.0 Å². The van der Waals surface area contributed by atoms with E-state index in [-0.39, 0.29) is 24.4 Å². The molecular formula is C19H29ClN6O. The molecule has 0 radical (unpaired) electrons. The zero-order chi connectivity index (χ0) is 17.9. The Labute approximate surface area is 166 Å². The number of carbonyl (C=O) groups excluding carboxylic acids is 1. The molecule has 27 heavy (non-hydrogen) atoms. The van der Waals surface area contributed by atoms with Crippen LogP contribution in [-0.2, 0) is 31.4 Å². The molecule has 0 aliphatic carbocycles. The van der Waals surface area contributed by atoms with Crippen LogP contribution in [0.4, 0.5) is 0 Å². The van der Waals surface area contributed by atoms with Gasteiger partial charge in [-0.3, -0.25) is 14.2 Å². The van der Waals surface area contributed by atoms with E-state index >= 15 is 0 Å². The van der Waals surface area contributed by atoms with Crippen molar-refractivity contribution in [1.82, 2.24) is 29.8 Å². The maximum absolute atomic E-state index is 12.9. The van der Waals surface area contributed by atoms with Crippen LogP contribution in [0, 0.1) is 0 Å². The Hall–Kier alpha value is -1.86. The van der Waals surface area contributed by atoms with Crippen molar-refractivity contribution in [1.29, 1.82) is 0 Å². The molecule has 1 unspecified atom stereocenters. The van der Waals surface area contributed by atoms with Crippen molar-refractivity contribution in [3.05, 3.63) is 35.4 Å². The van der Waals surface area contributed by atoms with Crippen molar-refractivity contribution >= 4 is 18.3 Å². The van der Waals surface area contributed by atoms with Gasteiger partial charge in [0.1, 0.15) is 0 Å². The molecule has 0 aromatic carbocycles. The summed E-state index contributed by atoms with van der Waals surface area (Å²) in [6.07, 6.45) is 7.54. The first kappa shape index (κ1) is 19.9. The van der Waals surface area contributed by atoms with Crippen molar-refractivity contribution in [2.75, 3.05) is 13.1 Å². The molecule has 1 fully saturated rings. The molecule has 148 valence electrons.